The normalized spacial score (nSPS) is 11.3. The van der Waals surface area contributed by atoms with Crippen molar-refractivity contribution in [3.05, 3.63) is 66.2 Å². The zero-order valence-electron chi connectivity index (χ0n) is 44.9. The van der Waals surface area contributed by atoms with Gasteiger partial charge < -0.3 is 87.7 Å². The summed E-state index contributed by atoms with van der Waals surface area (Å²) in [5.41, 5.74) is 27.8. The summed E-state index contributed by atoms with van der Waals surface area (Å²) in [4.78, 5) is 92.6. The van der Waals surface area contributed by atoms with Crippen LogP contribution in [-0.2, 0) is 40.6 Å². The fourth-order valence-corrected chi connectivity index (χ4v) is 7.05. The predicted molar refractivity (Wildman–Crippen MR) is 284 cm³/mol. The molecule has 24 nitrogen and oxygen atoms in total. The molecule has 4 amide bonds. The number of carbonyl (C=O) groups excluding carboxylic acids is 4. The number of aromatic nitrogens is 1. The van der Waals surface area contributed by atoms with Crippen LogP contribution in [0.3, 0.4) is 0 Å². The number of pyridine rings is 1. The lowest BCUT2D eigenvalue weighted by atomic mass is 9.97. The van der Waals surface area contributed by atoms with Gasteiger partial charge in [0.25, 0.3) is 5.91 Å². The molecule has 0 spiro atoms. The summed E-state index contributed by atoms with van der Waals surface area (Å²) in [5.74, 6) is -10.3. The number of nitrogen functional groups attached to an aromatic ring is 2. The number of aryl methyl sites for hydroxylation is 1. The fraction of sp³-hybridized carbons (Fsp3) is 0.440. The molecule has 4 rings (SSSR count). The number of hydrogen-bond donors (Lipinski definition) is 14. The Labute approximate surface area is 479 Å². The SMILES string of the molecule is C[n+]1c(-c2cccc(C(=O)NCCCCCC(=O)NCCC(=O)N[C@@H](CCCN=C(N)N)C(=O)NCCCNCCCNCC(=O)O)c2)c2cc(N)ccc2c2ccc(N)cc21.O=C(O)C(F)(F)F.O=C(O)C(F)(F)F.O=C(O)C(F)(F)F.[Cl-]. The first-order valence-electron chi connectivity index (χ1n) is 24.9. The predicted octanol–water partition coefficient (Wildman–Crippen LogP) is 0.0479. The Balaban J connectivity index is 0.00000265. The molecule has 0 radical (unpaired) electrons. The Kier molecular flexibility index (Phi) is 33.8. The molecule has 1 aromatic heterocycles. The number of nitrogens with one attached hydrogen (secondary N) is 6. The number of amides is 4. The molecule has 18 N–H and O–H groups in total. The van der Waals surface area contributed by atoms with E-state index in [2.05, 4.69) is 41.5 Å². The van der Waals surface area contributed by atoms with Gasteiger partial charge >= 0.3 is 42.4 Å². The molecule has 0 saturated carbocycles. The fourth-order valence-electron chi connectivity index (χ4n) is 7.05. The van der Waals surface area contributed by atoms with Crippen LogP contribution in [0.15, 0.2) is 65.7 Å². The standard InChI is InChI=1S/C44H62N12O6.3C2HF3O2.ClH/c1-56-37-27-32(46)14-16-34(37)33-15-13-31(45)26-35(33)41(56)29-9-5-10-30(25-29)42(61)52-21-4-2-3-12-38(57)51-24-17-39(58)55-36(11-6-22-54-44(47)48)43(62)53-23-8-19-49-18-7-20-50-28-40(59)60;3*3-2(4,5)1(6)7;/h5,9-10,13-16,25-27,36,46,49-50H,2-4,6-8,11-12,17-24,28,45H2,1H3,(H9,47,48,51,52,53,54,55,57,58,59,60,61,62);3*(H,6,7);1H/t36-;;;;/m0..../s1. The Hall–Kier alpha value is -8.46. The van der Waals surface area contributed by atoms with E-state index in [1.807, 2.05) is 61.6 Å². The zero-order valence-corrected chi connectivity index (χ0v) is 45.7. The molecule has 0 bridgehead atoms. The molecular formula is C50H66ClF9N12O12. The minimum atomic E-state index is -5.08. The van der Waals surface area contributed by atoms with Crippen LogP contribution >= 0.6 is 0 Å². The first-order valence-corrected chi connectivity index (χ1v) is 24.9. The largest absolute Gasteiger partial charge is 1.00 e. The summed E-state index contributed by atoms with van der Waals surface area (Å²) < 4.78 is 97.3. The van der Waals surface area contributed by atoms with Gasteiger partial charge in [0, 0.05) is 73.0 Å². The number of aliphatic imine (C=N–C) groups is 1. The third-order valence-corrected chi connectivity index (χ3v) is 10.9. The number of nitrogens with two attached hydrogens (primary N) is 4. The van der Waals surface area contributed by atoms with E-state index in [0.717, 1.165) is 45.8 Å². The molecular weight excluding hydrogens is 1170 g/mol. The molecule has 34 heteroatoms. The summed E-state index contributed by atoms with van der Waals surface area (Å²) in [6.07, 6.45) is -10.7. The second kappa shape index (κ2) is 37.6. The van der Waals surface area contributed by atoms with E-state index < -0.39 is 48.4 Å². The Bertz CT molecular complexity index is 2800. The maximum Gasteiger partial charge on any atom is 0.490 e. The van der Waals surface area contributed by atoms with Crippen molar-refractivity contribution in [2.75, 3.05) is 63.8 Å². The van der Waals surface area contributed by atoms with Crippen LogP contribution in [0.4, 0.5) is 50.9 Å². The smallest absolute Gasteiger partial charge is 0.490 e. The van der Waals surface area contributed by atoms with Crippen LogP contribution in [0.2, 0.25) is 0 Å². The molecule has 4 aromatic rings. The van der Waals surface area contributed by atoms with Crippen molar-refractivity contribution in [2.45, 2.75) is 82.4 Å². The molecule has 0 aliphatic heterocycles. The third-order valence-electron chi connectivity index (χ3n) is 10.9. The molecule has 0 saturated heterocycles. The maximum atomic E-state index is 13.2. The molecule has 84 heavy (non-hydrogen) atoms. The van der Waals surface area contributed by atoms with E-state index >= 15 is 0 Å². The van der Waals surface area contributed by atoms with Crippen molar-refractivity contribution in [3.63, 3.8) is 0 Å². The van der Waals surface area contributed by atoms with Crippen LogP contribution in [0, 0.1) is 0 Å². The lowest BCUT2D eigenvalue weighted by molar-refractivity contribution is -0.632. The average Bonchev–Trinajstić information content (AvgIpc) is 1.72. The Morgan fingerprint density at radius 1 is 0.583 bits per heavy atom. The van der Waals surface area contributed by atoms with Crippen molar-refractivity contribution < 1.29 is 115 Å². The van der Waals surface area contributed by atoms with Gasteiger partial charge in [-0.25, -0.2) is 14.4 Å². The minimum Gasteiger partial charge on any atom is -1.00 e. The van der Waals surface area contributed by atoms with Crippen molar-refractivity contribution >= 4 is 86.5 Å². The van der Waals surface area contributed by atoms with Crippen LogP contribution in [-0.4, -0.2) is 151 Å². The molecule has 0 aliphatic carbocycles. The number of carbonyl (C=O) groups is 8. The van der Waals surface area contributed by atoms with Gasteiger partial charge in [-0.3, -0.25) is 29.0 Å². The highest BCUT2D eigenvalue weighted by Crippen LogP contribution is 2.33. The van der Waals surface area contributed by atoms with Crippen LogP contribution < -0.4 is 71.8 Å². The van der Waals surface area contributed by atoms with E-state index in [1.165, 1.54) is 0 Å². The summed E-state index contributed by atoms with van der Waals surface area (Å²) in [5, 5.41) is 50.5. The van der Waals surface area contributed by atoms with Crippen molar-refractivity contribution in [3.8, 4) is 11.3 Å². The highest BCUT2D eigenvalue weighted by molar-refractivity contribution is 6.10. The van der Waals surface area contributed by atoms with Gasteiger partial charge in [-0.1, -0.05) is 18.6 Å². The van der Waals surface area contributed by atoms with E-state index in [9.17, 15) is 63.5 Å². The number of unbranched alkanes of at least 4 members (excludes halogenated alkanes) is 2. The highest BCUT2D eigenvalue weighted by atomic mass is 35.5. The highest BCUT2D eigenvalue weighted by Gasteiger charge is 2.39. The molecule has 0 unspecified atom stereocenters. The number of fused-ring (bicyclic) bond motifs is 3. The monoisotopic (exact) mass is 1230 g/mol. The van der Waals surface area contributed by atoms with Gasteiger partial charge in [0.05, 0.1) is 17.3 Å². The molecule has 1 atom stereocenters. The lowest BCUT2D eigenvalue weighted by Gasteiger charge is -2.18. The van der Waals surface area contributed by atoms with Crippen LogP contribution in [0.5, 0.6) is 0 Å². The van der Waals surface area contributed by atoms with E-state index in [1.54, 1.807) is 6.07 Å². The van der Waals surface area contributed by atoms with Gasteiger partial charge in [0.2, 0.25) is 28.9 Å². The third kappa shape index (κ3) is 30.6. The van der Waals surface area contributed by atoms with E-state index in [0.29, 0.717) is 88.3 Å². The Morgan fingerprint density at radius 3 is 1.68 bits per heavy atom. The first-order chi connectivity index (χ1) is 38.7. The molecule has 0 fully saturated rings. The van der Waals surface area contributed by atoms with Gasteiger partial charge in [-0.2, -0.15) is 44.1 Å². The molecule has 3 aromatic carbocycles. The first kappa shape index (κ1) is 75.5. The number of nitrogens with zero attached hydrogens (tertiary/aromatic N) is 2. The number of benzene rings is 3. The van der Waals surface area contributed by atoms with E-state index in [-0.39, 0.29) is 67.9 Å². The van der Waals surface area contributed by atoms with Crippen molar-refractivity contribution in [1.29, 1.82) is 0 Å². The number of hydrogen-bond acceptors (Lipinski definition) is 13. The summed E-state index contributed by atoms with van der Waals surface area (Å²) in [6.45, 7) is 3.15. The van der Waals surface area contributed by atoms with E-state index in [4.69, 9.17) is 57.7 Å². The quantitative estimate of drug-likeness (QED) is 0.00713. The van der Waals surface area contributed by atoms with Crippen LogP contribution in [0.25, 0.3) is 32.9 Å². The number of guanidine groups is 1. The van der Waals surface area contributed by atoms with Crippen molar-refractivity contribution in [2.24, 2.45) is 23.5 Å². The van der Waals surface area contributed by atoms with Gasteiger partial charge in [-0.15, -0.1) is 0 Å². The number of carboxylic acids is 4. The van der Waals surface area contributed by atoms with Gasteiger partial charge in [0.15, 0.2) is 5.96 Å². The number of alkyl halides is 9. The summed E-state index contributed by atoms with van der Waals surface area (Å²) in [6, 6.07) is 18.4. The topological polar surface area (TPSA) is 410 Å². The van der Waals surface area contributed by atoms with Crippen LogP contribution in [0.1, 0.15) is 68.1 Å². The zero-order chi connectivity index (χ0) is 63.1. The second-order valence-corrected chi connectivity index (χ2v) is 17.5. The van der Waals surface area contributed by atoms with Crippen molar-refractivity contribution in [1.82, 2.24) is 31.9 Å². The van der Waals surface area contributed by atoms with Gasteiger partial charge in [0.1, 0.15) is 13.1 Å². The number of anilines is 2. The number of rotatable bonds is 27. The van der Waals surface area contributed by atoms with Gasteiger partial charge in [-0.05, 0) is 101 Å². The number of halogens is 10. The summed E-state index contributed by atoms with van der Waals surface area (Å²) in [7, 11) is 1.98. The number of aliphatic carboxylic acids is 4. The Morgan fingerprint density at radius 2 is 1.12 bits per heavy atom. The average molecular weight is 1230 g/mol. The minimum absolute atomic E-state index is 0. The summed E-state index contributed by atoms with van der Waals surface area (Å²) >= 11 is 0. The molecule has 0 aliphatic rings. The maximum absolute atomic E-state index is 13.2. The molecule has 468 valence electrons. The second-order valence-electron chi connectivity index (χ2n) is 17.5. The lowest BCUT2D eigenvalue weighted by Crippen LogP contribution is -3.00. The number of carboxylic acid groups (broad SMARTS) is 4. The molecule has 1 heterocycles.